The molecule has 1 heterocycles. The highest BCUT2D eigenvalue weighted by molar-refractivity contribution is 6.18. The van der Waals surface area contributed by atoms with Crippen molar-refractivity contribution < 1.29 is 4.74 Å². The van der Waals surface area contributed by atoms with Gasteiger partial charge in [0.2, 0.25) is 0 Å². The molecule has 0 aliphatic carbocycles. The molecule has 0 saturated heterocycles. The van der Waals surface area contributed by atoms with E-state index in [2.05, 4.69) is 56.3 Å². The molecule has 1 unspecified atom stereocenters. The van der Waals surface area contributed by atoms with Crippen LogP contribution >= 0.6 is 11.6 Å². The number of hydrogen-bond acceptors (Lipinski definition) is 1. The van der Waals surface area contributed by atoms with Gasteiger partial charge in [0, 0.05) is 17.4 Å². The third kappa shape index (κ3) is 2.12. The first kappa shape index (κ1) is 12.6. The molecule has 1 nitrogen and oxygen atoms in total. The van der Waals surface area contributed by atoms with Crippen molar-refractivity contribution in [3.05, 3.63) is 54.1 Å². The number of alkyl halides is 1. The minimum absolute atomic E-state index is 0.223. The molecule has 0 spiro atoms. The van der Waals surface area contributed by atoms with Crippen molar-refractivity contribution in [3.8, 4) is 16.9 Å². The van der Waals surface area contributed by atoms with Gasteiger partial charge in [0.05, 0.1) is 0 Å². The number of ether oxygens (including phenoxy) is 1. The van der Waals surface area contributed by atoms with Crippen LogP contribution in [0.5, 0.6) is 5.75 Å². The molecule has 1 aliphatic rings. The Morgan fingerprint density at radius 2 is 1.79 bits per heavy atom. The Kier molecular flexibility index (Phi) is 3.02. The summed E-state index contributed by atoms with van der Waals surface area (Å²) in [5, 5.41) is 0. The van der Waals surface area contributed by atoms with E-state index in [0.29, 0.717) is 5.88 Å². The van der Waals surface area contributed by atoms with Gasteiger partial charge in [-0.05, 0) is 37.1 Å². The van der Waals surface area contributed by atoms with Gasteiger partial charge < -0.3 is 4.74 Å². The van der Waals surface area contributed by atoms with Crippen molar-refractivity contribution in [2.45, 2.75) is 25.4 Å². The van der Waals surface area contributed by atoms with Crippen LogP contribution in [0.1, 0.15) is 25.3 Å². The fraction of sp³-hybridized carbons (Fsp3) is 0.294. The molecule has 0 saturated carbocycles. The average Bonchev–Trinajstić information content (AvgIpc) is 2.68. The lowest BCUT2D eigenvalue weighted by atomic mass is 9.87. The van der Waals surface area contributed by atoms with Gasteiger partial charge in [-0.15, -0.1) is 11.6 Å². The summed E-state index contributed by atoms with van der Waals surface area (Å²) in [6, 6.07) is 16.8. The van der Waals surface area contributed by atoms with Crippen molar-refractivity contribution in [2.75, 3.05) is 5.88 Å². The first-order valence-electron chi connectivity index (χ1n) is 6.56. The fourth-order valence-corrected chi connectivity index (χ4v) is 3.26. The molecule has 2 heteroatoms. The molecule has 19 heavy (non-hydrogen) atoms. The number of hydrogen-bond donors (Lipinski definition) is 0. The predicted molar refractivity (Wildman–Crippen MR) is 80.0 cm³/mol. The molecular formula is C17H17ClO. The third-order valence-electron chi connectivity index (χ3n) is 3.86. The molecule has 0 radical (unpaired) electrons. The molecule has 0 amide bonds. The van der Waals surface area contributed by atoms with Crippen LogP contribution in [0.15, 0.2) is 48.5 Å². The molecule has 0 bridgehead atoms. The van der Waals surface area contributed by atoms with Gasteiger partial charge in [-0.3, -0.25) is 0 Å². The van der Waals surface area contributed by atoms with Gasteiger partial charge in [0.1, 0.15) is 11.4 Å². The van der Waals surface area contributed by atoms with Crippen LogP contribution in [0.25, 0.3) is 11.1 Å². The number of fused-ring (bicyclic) bond motifs is 1. The molecule has 3 rings (SSSR count). The molecule has 98 valence electrons. The maximum Gasteiger partial charge on any atom is 0.123 e. The van der Waals surface area contributed by atoms with Gasteiger partial charge in [0.15, 0.2) is 0 Å². The van der Waals surface area contributed by atoms with Gasteiger partial charge in [-0.1, -0.05) is 36.4 Å². The SMILES string of the molecule is CC1(C)Oc2ccc(-c3ccccc3)cc2C1CCl. The van der Waals surface area contributed by atoms with Crippen LogP contribution in [-0.4, -0.2) is 11.5 Å². The summed E-state index contributed by atoms with van der Waals surface area (Å²) < 4.78 is 6.00. The maximum atomic E-state index is 6.14. The Labute approximate surface area is 119 Å². The number of rotatable bonds is 2. The van der Waals surface area contributed by atoms with E-state index in [1.807, 2.05) is 6.07 Å². The molecule has 0 N–H and O–H groups in total. The Hall–Kier alpha value is -1.47. The van der Waals surface area contributed by atoms with E-state index in [-0.39, 0.29) is 11.5 Å². The molecule has 1 atom stereocenters. The normalized spacial score (nSPS) is 19.8. The number of halogens is 1. The van der Waals surface area contributed by atoms with Crippen molar-refractivity contribution in [1.82, 2.24) is 0 Å². The van der Waals surface area contributed by atoms with Crippen molar-refractivity contribution in [2.24, 2.45) is 0 Å². The Morgan fingerprint density at radius 3 is 2.47 bits per heavy atom. The fourth-order valence-electron chi connectivity index (χ4n) is 2.72. The summed E-state index contributed by atoms with van der Waals surface area (Å²) in [7, 11) is 0. The lowest BCUT2D eigenvalue weighted by Crippen LogP contribution is -2.31. The zero-order valence-corrected chi connectivity index (χ0v) is 11.9. The van der Waals surface area contributed by atoms with E-state index in [0.717, 1.165) is 5.75 Å². The topological polar surface area (TPSA) is 9.23 Å². The van der Waals surface area contributed by atoms with E-state index in [4.69, 9.17) is 16.3 Å². The second kappa shape index (κ2) is 4.57. The molecule has 2 aromatic carbocycles. The third-order valence-corrected chi connectivity index (χ3v) is 4.17. The quantitative estimate of drug-likeness (QED) is 0.711. The minimum atomic E-state index is -0.223. The summed E-state index contributed by atoms with van der Waals surface area (Å²) in [6.07, 6.45) is 0. The van der Waals surface area contributed by atoms with Gasteiger partial charge in [0.25, 0.3) is 0 Å². The van der Waals surface area contributed by atoms with Crippen molar-refractivity contribution in [3.63, 3.8) is 0 Å². The summed E-state index contributed by atoms with van der Waals surface area (Å²) in [5.41, 5.74) is 3.44. The molecule has 0 aromatic heterocycles. The van der Waals surface area contributed by atoms with Gasteiger partial charge >= 0.3 is 0 Å². The van der Waals surface area contributed by atoms with E-state index in [1.165, 1.54) is 16.7 Å². The predicted octanol–water partition coefficient (Wildman–Crippen LogP) is 4.85. The van der Waals surface area contributed by atoms with Crippen LogP contribution in [0, 0.1) is 0 Å². The second-order valence-corrected chi connectivity index (χ2v) is 5.84. The summed E-state index contributed by atoms with van der Waals surface area (Å²) >= 11 is 6.14. The molecular weight excluding hydrogens is 256 g/mol. The van der Waals surface area contributed by atoms with Crippen LogP contribution in [-0.2, 0) is 0 Å². The lowest BCUT2D eigenvalue weighted by Gasteiger charge is -2.24. The summed E-state index contributed by atoms with van der Waals surface area (Å²) in [4.78, 5) is 0. The highest BCUT2D eigenvalue weighted by atomic mass is 35.5. The molecule has 0 fully saturated rings. The highest BCUT2D eigenvalue weighted by Crippen LogP contribution is 2.46. The molecule has 1 aliphatic heterocycles. The highest BCUT2D eigenvalue weighted by Gasteiger charge is 2.40. The largest absolute Gasteiger partial charge is 0.487 e. The van der Waals surface area contributed by atoms with Crippen LogP contribution < -0.4 is 4.74 Å². The van der Waals surface area contributed by atoms with Crippen LogP contribution in [0.3, 0.4) is 0 Å². The van der Waals surface area contributed by atoms with E-state index < -0.39 is 0 Å². The van der Waals surface area contributed by atoms with Crippen molar-refractivity contribution in [1.29, 1.82) is 0 Å². The first-order chi connectivity index (χ1) is 9.12. The zero-order valence-electron chi connectivity index (χ0n) is 11.2. The first-order valence-corrected chi connectivity index (χ1v) is 7.09. The smallest absolute Gasteiger partial charge is 0.123 e. The maximum absolute atomic E-state index is 6.14. The van der Waals surface area contributed by atoms with Crippen molar-refractivity contribution >= 4 is 11.6 Å². The van der Waals surface area contributed by atoms with Crippen LogP contribution in [0.2, 0.25) is 0 Å². The van der Waals surface area contributed by atoms with Gasteiger partial charge in [-0.2, -0.15) is 0 Å². The minimum Gasteiger partial charge on any atom is -0.487 e. The van der Waals surface area contributed by atoms with Gasteiger partial charge in [-0.25, -0.2) is 0 Å². The van der Waals surface area contributed by atoms with E-state index in [1.54, 1.807) is 0 Å². The lowest BCUT2D eigenvalue weighted by molar-refractivity contribution is 0.117. The summed E-state index contributed by atoms with van der Waals surface area (Å²) in [5.74, 6) is 1.79. The van der Waals surface area contributed by atoms with E-state index in [9.17, 15) is 0 Å². The Morgan fingerprint density at radius 1 is 1.05 bits per heavy atom. The standard InChI is InChI=1S/C17H17ClO/c1-17(2)15(11-18)14-10-13(8-9-16(14)19-17)12-6-4-3-5-7-12/h3-10,15H,11H2,1-2H3. The Balaban J connectivity index is 2.07. The number of benzene rings is 2. The second-order valence-electron chi connectivity index (χ2n) is 5.53. The zero-order chi connectivity index (χ0) is 13.5. The monoisotopic (exact) mass is 272 g/mol. The van der Waals surface area contributed by atoms with Crippen LogP contribution in [0.4, 0.5) is 0 Å². The average molecular weight is 273 g/mol. The molecule has 2 aromatic rings. The Bertz CT molecular complexity index is 589. The summed E-state index contributed by atoms with van der Waals surface area (Å²) in [6.45, 7) is 4.20. The van der Waals surface area contributed by atoms with E-state index >= 15 is 0 Å².